The highest BCUT2D eigenvalue weighted by Gasteiger charge is 2.47. The van der Waals surface area contributed by atoms with Gasteiger partial charge >= 0.3 is 6.18 Å². The molecule has 0 amide bonds. The molecule has 0 aromatic rings. The van der Waals surface area contributed by atoms with Gasteiger partial charge < -0.3 is 4.90 Å². The third-order valence-corrected chi connectivity index (χ3v) is 3.19. The van der Waals surface area contributed by atoms with Crippen LogP contribution < -0.4 is 0 Å². The van der Waals surface area contributed by atoms with Crippen LogP contribution in [0.25, 0.3) is 0 Å². The van der Waals surface area contributed by atoms with E-state index in [9.17, 15) is 13.2 Å². The molecule has 0 bridgehead atoms. The highest BCUT2D eigenvalue weighted by atomic mass is 19.4. The van der Waals surface area contributed by atoms with Gasteiger partial charge in [-0.15, -0.1) is 0 Å². The quantitative estimate of drug-likeness (QED) is 0.651. The Hall–Kier alpha value is -0.250. The standard InChI is InChI=1S/C9H14F3N/c10-9(11,12)4-6-13-5-3-8(7-13)1-2-8/h1-7H2. The maximum atomic E-state index is 11.9. The molecule has 0 aromatic carbocycles. The summed E-state index contributed by atoms with van der Waals surface area (Å²) >= 11 is 0. The van der Waals surface area contributed by atoms with E-state index in [1.54, 1.807) is 0 Å². The number of rotatable bonds is 2. The normalized spacial score (nSPS) is 27.0. The topological polar surface area (TPSA) is 3.24 Å². The summed E-state index contributed by atoms with van der Waals surface area (Å²) in [6, 6.07) is 0. The highest BCUT2D eigenvalue weighted by Crippen LogP contribution is 2.52. The van der Waals surface area contributed by atoms with E-state index < -0.39 is 12.6 Å². The Labute approximate surface area is 75.9 Å². The summed E-state index contributed by atoms with van der Waals surface area (Å²) in [5, 5.41) is 0. The van der Waals surface area contributed by atoms with Crippen LogP contribution in [-0.2, 0) is 0 Å². The molecule has 0 aromatic heterocycles. The van der Waals surface area contributed by atoms with Crippen molar-refractivity contribution in [2.45, 2.75) is 31.9 Å². The predicted octanol–water partition coefficient (Wildman–Crippen LogP) is 2.42. The second kappa shape index (κ2) is 2.87. The number of hydrogen-bond acceptors (Lipinski definition) is 1. The van der Waals surface area contributed by atoms with Gasteiger partial charge in [-0.3, -0.25) is 0 Å². The Bertz CT molecular complexity index is 196. The summed E-state index contributed by atoms with van der Waals surface area (Å²) in [4.78, 5) is 1.96. The average molecular weight is 193 g/mol. The minimum absolute atomic E-state index is 0.200. The van der Waals surface area contributed by atoms with Crippen LogP contribution in [0.4, 0.5) is 13.2 Å². The van der Waals surface area contributed by atoms with Crippen molar-refractivity contribution in [3.63, 3.8) is 0 Å². The highest BCUT2D eigenvalue weighted by molar-refractivity contribution is 5.00. The lowest BCUT2D eigenvalue weighted by atomic mass is 10.1. The Morgan fingerprint density at radius 2 is 1.85 bits per heavy atom. The summed E-state index contributed by atoms with van der Waals surface area (Å²) in [6.45, 7) is 1.98. The third-order valence-electron chi connectivity index (χ3n) is 3.19. The van der Waals surface area contributed by atoms with E-state index >= 15 is 0 Å². The second-order valence-corrected chi connectivity index (χ2v) is 4.39. The molecule has 0 radical (unpaired) electrons. The molecule has 13 heavy (non-hydrogen) atoms. The van der Waals surface area contributed by atoms with E-state index in [2.05, 4.69) is 0 Å². The first kappa shape index (κ1) is 9.31. The van der Waals surface area contributed by atoms with Crippen molar-refractivity contribution in [1.82, 2.24) is 4.90 Å². The van der Waals surface area contributed by atoms with Crippen molar-refractivity contribution >= 4 is 0 Å². The zero-order valence-electron chi connectivity index (χ0n) is 7.53. The molecule has 2 rings (SSSR count). The molecule has 1 saturated heterocycles. The van der Waals surface area contributed by atoms with E-state index in [0.29, 0.717) is 5.41 Å². The molecular formula is C9H14F3N. The van der Waals surface area contributed by atoms with Crippen molar-refractivity contribution < 1.29 is 13.2 Å². The lowest BCUT2D eigenvalue weighted by Crippen LogP contribution is -2.26. The van der Waals surface area contributed by atoms with Crippen molar-refractivity contribution in [1.29, 1.82) is 0 Å². The molecule has 1 aliphatic heterocycles. The Morgan fingerprint density at radius 3 is 2.31 bits per heavy atom. The molecule has 76 valence electrons. The van der Waals surface area contributed by atoms with Gasteiger partial charge in [0.15, 0.2) is 0 Å². The smallest absolute Gasteiger partial charge is 0.302 e. The predicted molar refractivity (Wildman–Crippen MR) is 43.4 cm³/mol. The number of likely N-dealkylation sites (tertiary alicyclic amines) is 1. The lowest BCUT2D eigenvalue weighted by molar-refractivity contribution is -0.137. The average Bonchev–Trinajstić information content (AvgIpc) is 2.58. The van der Waals surface area contributed by atoms with Gasteiger partial charge in [0.1, 0.15) is 0 Å². The van der Waals surface area contributed by atoms with Crippen molar-refractivity contribution in [3.05, 3.63) is 0 Å². The molecule has 2 aliphatic rings. The Balaban J connectivity index is 1.72. The fourth-order valence-corrected chi connectivity index (χ4v) is 2.09. The number of nitrogens with zero attached hydrogens (tertiary/aromatic N) is 1. The van der Waals surface area contributed by atoms with Gasteiger partial charge in [0.25, 0.3) is 0 Å². The third kappa shape index (κ3) is 2.36. The van der Waals surface area contributed by atoms with E-state index in [1.165, 1.54) is 12.8 Å². The van der Waals surface area contributed by atoms with Crippen LogP contribution in [0.15, 0.2) is 0 Å². The van der Waals surface area contributed by atoms with Gasteiger partial charge in [0.05, 0.1) is 6.42 Å². The van der Waals surface area contributed by atoms with E-state index in [-0.39, 0.29) is 6.54 Å². The maximum Gasteiger partial charge on any atom is 0.390 e. The molecule has 1 nitrogen and oxygen atoms in total. The molecule has 0 atom stereocenters. The first-order chi connectivity index (χ1) is 5.99. The fourth-order valence-electron chi connectivity index (χ4n) is 2.09. The summed E-state index contributed by atoms with van der Waals surface area (Å²) in [5.41, 5.74) is 0.450. The molecule has 1 spiro atoms. The van der Waals surface area contributed by atoms with Gasteiger partial charge in [-0.25, -0.2) is 0 Å². The van der Waals surface area contributed by atoms with Crippen LogP contribution in [0.5, 0.6) is 0 Å². The van der Waals surface area contributed by atoms with Gasteiger partial charge in [-0.05, 0) is 31.2 Å². The van der Waals surface area contributed by atoms with Gasteiger partial charge in [0, 0.05) is 13.1 Å². The first-order valence-electron chi connectivity index (χ1n) is 4.78. The van der Waals surface area contributed by atoms with Gasteiger partial charge in [-0.1, -0.05) is 0 Å². The molecule has 1 aliphatic carbocycles. The molecule has 4 heteroatoms. The molecule has 1 saturated carbocycles. The molecule has 0 N–H and O–H groups in total. The summed E-state index contributed by atoms with van der Waals surface area (Å²) in [5.74, 6) is 0. The van der Waals surface area contributed by atoms with Crippen LogP contribution in [0.1, 0.15) is 25.7 Å². The second-order valence-electron chi connectivity index (χ2n) is 4.39. The van der Waals surface area contributed by atoms with Crippen LogP contribution >= 0.6 is 0 Å². The Morgan fingerprint density at radius 1 is 1.15 bits per heavy atom. The number of hydrogen-bond donors (Lipinski definition) is 0. The summed E-state index contributed by atoms with van der Waals surface area (Å²) in [6.07, 6.45) is -1.06. The van der Waals surface area contributed by atoms with Crippen LogP contribution in [0.3, 0.4) is 0 Å². The molecule has 0 unspecified atom stereocenters. The molecule has 2 fully saturated rings. The largest absolute Gasteiger partial charge is 0.390 e. The van der Waals surface area contributed by atoms with Crippen LogP contribution in [0, 0.1) is 5.41 Å². The zero-order valence-corrected chi connectivity index (χ0v) is 7.53. The summed E-state index contributed by atoms with van der Waals surface area (Å²) in [7, 11) is 0. The fraction of sp³-hybridized carbons (Fsp3) is 1.00. The van der Waals surface area contributed by atoms with E-state index in [0.717, 1.165) is 19.5 Å². The maximum absolute atomic E-state index is 11.9. The summed E-state index contributed by atoms with van der Waals surface area (Å²) < 4.78 is 35.7. The van der Waals surface area contributed by atoms with Gasteiger partial charge in [-0.2, -0.15) is 13.2 Å². The van der Waals surface area contributed by atoms with Crippen molar-refractivity contribution in [2.75, 3.05) is 19.6 Å². The number of halogens is 3. The zero-order chi connectivity index (χ0) is 9.53. The molecule has 1 heterocycles. The minimum atomic E-state index is -3.99. The monoisotopic (exact) mass is 193 g/mol. The first-order valence-corrected chi connectivity index (χ1v) is 4.78. The van der Waals surface area contributed by atoms with Gasteiger partial charge in [0.2, 0.25) is 0 Å². The van der Waals surface area contributed by atoms with Crippen molar-refractivity contribution in [3.8, 4) is 0 Å². The Kier molecular flexibility index (Phi) is 2.06. The SMILES string of the molecule is FC(F)(F)CCN1CCC2(CC2)C1. The molecular weight excluding hydrogens is 179 g/mol. The van der Waals surface area contributed by atoms with E-state index in [1.807, 2.05) is 4.90 Å². The van der Waals surface area contributed by atoms with Crippen LogP contribution in [-0.4, -0.2) is 30.7 Å². The lowest BCUT2D eigenvalue weighted by Gasteiger charge is -2.16. The minimum Gasteiger partial charge on any atom is -0.302 e. The van der Waals surface area contributed by atoms with E-state index in [4.69, 9.17) is 0 Å². The van der Waals surface area contributed by atoms with Crippen LogP contribution in [0.2, 0.25) is 0 Å². The number of alkyl halides is 3. The van der Waals surface area contributed by atoms with Crippen molar-refractivity contribution in [2.24, 2.45) is 5.41 Å².